The molecule has 2 aliphatic heterocycles. The lowest BCUT2D eigenvalue weighted by Gasteiger charge is -2.29. The van der Waals surface area contributed by atoms with Crippen molar-refractivity contribution in [1.29, 1.82) is 0 Å². The summed E-state index contributed by atoms with van der Waals surface area (Å²) in [6.45, 7) is 7.26. The first-order valence-corrected chi connectivity index (χ1v) is 9.71. The molecule has 2 heterocycles. The van der Waals surface area contributed by atoms with Crippen LogP contribution in [0.2, 0.25) is 0 Å². The molecule has 0 unspecified atom stereocenters. The van der Waals surface area contributed by atoms with Gasteiger partial charge in [0.1, 0.15) is 5.82 Å². The van der Waals surface area contributed by atoms with Crippen molar-refractivity contribution < 1.29 is 13.9 Å². The van der Waals surface area contributed by atoms with E-state index in [0.29, 0.717) is 32.0 Å². The fourth-order valence-corrected chi connectivity index (χ4v) is 4.00. The first-order valence-electron chi connectivity index (χ1n) is 9.33. The number of hydrogen-bond acceptors (Lipinski definition) is 4. The van der Waals surface area contributed by atoms with Crippen LogP contribution in [0.25, 0.3) is 0 Å². The van der Waals surface area contributed by atoms with Crippen LogP contribution in [0, 0.1) is 5.82 Å². The Labute approximate surface area is 168 Å². The number of anilines is 1. The summed E-state index contributed by atoms with van der Waals surface area (Å²) >= 11 is 5.87. The van der Waals surface area contributed by atoms with Gasteiger partial charge < -0.3 is 9.64 Å². The van der Waals surface area contributed by atoms with Crippen molar-refractivity contribution in [2.24, 2.45) is 9.98 Å². The summed E-state index contributed by atoms with van der Waals surface area (Å²) in [4.78, 5) is 24.8. The van der Waals surface area contributed by atoms with E-state index in [1.165, 1.54) is 12.1 Å². The minimum absolute atomic E-state index is 0.0392. The molecular formula is C20H22ClFN4O2. The van der Waals surface area contributed by atoms with Gasteiger partial charge in [-0.25, -0.2) is 14.4 Å². The molecule has 6 nitrogen and oxygen atoms in total. The molecule has 4 rings (SSSR count). The van der Waals surface area contributed by atoms with Gasteiger partial charge in [-0.15, -0.1) is 0 Å². The number of halogens is 2. The first kappa shape index (κ1) is 19.2. The molecule has 3 aliphatic rings. The van der Waals surface area contributed by atoms with Crippen LogP contribution in [-0.4, -0.2) is 62.2 Å². The van der Waals surface area contributed by atoms with E-state index in [-0.39, 0.29) is 17.0 Å². The SMILES string of the molecule is C=N/C(Cl)=N\C=C(/CN1CCOCC1)CN1C(=O)C2(CC2)c2ccc(F)cc21. The molecule has 1 aromatic carbocycles. The highest BCUT2D eigenvalue weighted by molar-refractivity contribution is 6.65. The van der Waals surface area contributed by atoms with E-state index >= 15 is 0 Å². The van der Waals surface area contributed by atoms with Gasteiger partial charge in [0, 0.05) is 32.4 Å². The van der Waals surface area contributed by atoms with Gasteiger partial charge in [-0.1, -0.05) is 6.07 Å². The quantitative estimate of drug-likeness (QED) is 0.430. The molecule has 1 aliphatic carbocycles. The van der Waals surface area contributed by atoms with Crippen molar-refractivity contribution in [1.82, 2.24) is 4.90 Å². The fraction of sp³-hybridized carbons (Fsp3) is 0.450. The second-order valence-electron chi connectivity index (χ2n) is 7.37. The van der Waals surface area contributed by atoms with Crippen molar-refractivity contribution in [2.75, 3.05) is 44.3 Å². The summed E-state index contributed by atoms with van der Waals surface area (Å²) < 4.78 is 19.3. The van der Waals surface area contributed by atoms with Crippen LogP contribution in [0.5, 0.6) is 0 Å². The molecule has 0 aromatic heterocycles. The summed E-state index contributed by atoms with van der Waals surface area (Å²) in [7, 11) is 0. The Kier molecular flexibility index (Phi) is 5.31. The number of amides is 1. The zero-order chi connectivity index (χ0) is 19.7. The van der Waals surface area contributed by atoms with Crippen LogP contribution in [-0.2, 0) is 14.9 Å². The van der Waals surface area contributed by atoms with Crippen molar-refractivity contribution in [2.45, 2.75) is 18.3 Å². The van der Waals surface area contributed by atoms with E-state index in [2.05, 4.69) is 21.6 Å². The molecule has 1 spiro atoms. The van der Waals surface area contributed by atoms with Gasteiger partial charge in [0.2, 0.25) is 11.2 Å². The van der Waals surface area contributed by atoms with Gasteiger partial charge in [0.15, 0.2) is 0 Å². The molecule has 148 valence electrons. The zero-order valence-corrected chi connectivity index (χ0v) is 16.3. The Bertz CT molecular complexity index is 860. The number of carbonyl (C=O) groups is 1. The third-order valence-corrected chi connectivity index (χ3v) is 5.76. The number of aliphatic imine (C=N–C) groups is 2. The normalized spacial score (nSPS) is 21.9. The zero-order valence-electron chi connectivity index (χ0n) is 15.5. The number of ether oxygens (including phenoxy) is 1. The topological polar surface area (TPSA) is 57.5 Å². The highest BCUT2D eigenvalue weighted by atomic mass is 35.5. The predicted molar refractivity (Wildman–Crippen MR) is 108 cm³/mol. The Morgan fingerprint density at radius 3 is 2.75 bits per heavy atom. The molecule has 0 atom stereocenters. The average Bonchev–Trinajstić information content (AvgIpc) is 3.48. The van der Waals surface area contributed by atoms with Crippen molar-refractivity contribution in [3.63, 3.8) is 0 Å². The molecule has 1 saturated heterocycles. The summed E-state index contributed by atoms with van der Waals surface area (Å²) in [6, 6.07) is 4.63. The van der Waals surface area contributed by atoms with Gasteiger partial charge in [0.05, 0.1) is 24.3 Å². The van der Waals surface area contributed by atoms with Crippen LogP contribution >= 0.6 is 11.6 Å². The summed E-state index contributed by atoms with van der Waals surface area (Å²) in [6.07, 6.45) is 3.26. The van der Waals surface area contributed by atoms with Gasteiger partial charge >= 0.3 is 0 Å². The predicted octanol–water partition coefficient (Wildman–Crippen LogP) is 2.72. The lowest BCUT2D eigenvalue weighted by atomic mass is 9.98. The average molecular weight is 405 g/mol. The first-order chi connectivity index (χ1) is 13.5. The molecular weight excluding hydrogens is 383 g/mol. The van der Waals surface area contributed by atoms with Crippen molar-refractivity contribution >= 4 is 35.2 Å². The lowest BCUT2D eigenvalue weighted by Crippen LogP contribution is -2.40. The van der Waals surface area contributed by atoms with Gasteiger partial charge in [0.25, 0.3) is 0 Å². The van der Waals surface area contributed by atoms with E-state index < -0.39 is 5.41 Å². The molecule has 28 heavy (non-hydrogen) atoms. The lowest BCUT2D eigenvalue weighted by molar-refractivity contribution is -0.120. The van der Waals surface area contributed by atoms with Crippen LogP contribution in [0.3, 0.4) is 0 Å². The van der Waals surface area contributed by atoms with Crippen LogP contribution in [0.4, 0.5) is 10.1 Å². The molecule has 8 heteroatoms. The monoisotopic (exact) mass is 404 g/mol. The summed E-state index contributed by atoms with van der Waals surface area (Å²) in [5.74, 6) is -0.303. The van der Waals surface area contributed by atoms with E-state index in [1.807, 2.05) is 0 Å². The maximum atomic E-state index is 13.9. The fourth-order valence-electron chi connectivity index (χ4n) is 3.95. The minimum atomic E-state index is -0.462. The third kappa shape index (κ3) is 3.62. The Hall–Kier alpha value is -2.09. The second kappa shape index (κ2) is 7.73. The highest BCUT2D eigenvalue weighted by Crippen LogP contribution is 2.57. The molecule has 2 fully saturated rings. The Morgan fingerprint density at radius 1 is 1.32 bits per heavy atom. The van der Waals surface area contributed by atoms with Crippen molar-refractivity contribution in [3.05, 3.63) is 41.4 Å². The van der Waals surface area contributed by atoms with Crippen LogP contribution < -0.4 is 4.90 Å². The number of morpholine rings is 1. The largest absolute Gasteiger partial charge is 0.379 e. The van der Waals surface area contributed by atoms with Crippen molar-refractivity contribution in [3.8, 4) is 0 Å². The Balaban J connectivity index is 1.62. The molecule has 1 saturated carbocycles. The van der Waals surface area contributed by atoms with Crippen LogP contribution in [0.15, 0.2) is 40.0 Å². The third-order valence-electron chi connectivity index (χ3n) is 5.55. The maximum absolute atomic E-state index is 13.9. The van der Waals surface area contributed by atoms with E-state index in [0.717, 1.165) is 37.1 Å². The smallest absolute Gasteiger partial charge is 0.238 e. The van der Waals surface area contributed by atoms with Gasteiger partial charge in [-0.3, -0.25) is 9.69 Å². The number of nitrogens with zero attached hydrogens (tertiary/aromatic N) is 4. The molecule has 0 radical (unpaired) electrons. The maximum Gasteiger partial charge on any atom is 0.238 e. The van der Waals surface area contributed by atoms with Gasteiger partial charge in [-0.2, -0.15) is 0 Å². The number of carbonyl (C=O) groups excluding carboxylic acids is 1. The van der Waals surface area contributed by atoms with E-state index in [9.17, 15) is 9.18 Å². The number of hydrogen-bond donors (Lipinski definition) is 0. The molecule has 1 amide bonds. The standard InChI is InChI=1S/C20H22ClFN4O2/c1-23-19(21)24-11-14(12-25-6-8-28-9-7-25)13-26-17-10-15(22)2-3-16(17)20(4-5-20)18(26)27/h2-3,10-11H,1,4-9,12-13H2/b14-11+,24-19-. The minimum Gasteiger partial charge on any atom is -0.379 e. The summed E-state index contributed by atoms with van der Waals surface area (Å²) in [5, 5.41) is 0.0392. The van der Waals surface area contributed by atoms with Crippen LogP contribution in [0.1, 0.15) is 18.4 Å². The Morgan fingerprint density at radius 2 is 2.07 bits per heavy atom. The van der Waals surface area contributed by atoms with E-state index in [4.69, 9.17) is 16.3 Å². The highest BCUT2D eigenvalue weighted by Gasteiger charge is 2.59. The number of rotatable bonds is 5. The molecule has 1 aromatic rings. The number of amidine groups is 1. The number of fused-ring (bicyclic) bond motifs is 2. The summed E-state index contributed by atoms with van der Waals surface area (Å²) in [5.41, 5.74) is 2.02. The van der Waals surface area contributed by atoms with Gasteiger partial charge in [-0.05, 0) is 54.4 Å². The number of benzene rings is 1. The molecule has 0 N–H and O–H groups in total. The second-order valence-corrected chi connectivity index (χ2v) is 7.71. The molecule has 0 bridgehead atoms. The van der Waals surface area contributed by atoms with E-state index in [1.54, 1.807) is 17.2 Å².